The summed E-state index contributed by atoms with van der Waals surface area (Å²) in [6.45, 7) is 8.20. The average molecular weight is 227 g/mol. The molecule has 1 rings (SSSR count). The number of hydrogen-bond donors (Lipinski definition) is 2. The van der Waals surface area contributed by atoms with Crippen LogP contribution in [0, 0.1) is 5.92 Å². The largest absolute Gasteiger partial charge is 0.353 e. The molecule has 94 valence electrons. The van der Waals surface area contributed by atoms with Gasteiger partial charge in [-0.25, -0.2) is 0 Å². The number of hydrogen-bond acceptors (Lipinski definition) is 3. The van der Waals surface area contributed by atoms with E-state index in [1.807, 2.05) is 0 Å². The molecule has 3 N–H and O–H groups in total. The fourth-order valence-electron chi connectivity index (χ4n) is 2.09. The van der Waals surface area contributed by atoms with Gasteiger partial charge >= 0.3 is 0 Å². The second-order valence-electron chi connectivity index (χ2n) is 5.08. The zero-order valence-corrected chi connectivity index (χ0v) is 10.5. The van der Waals surface area contributed by atoms with Crippen molar-refractivity contribution in [3.05, 3.63) is 0 Å². The molecular formula is C12H25N3O. The maximum Gasteiger partial charge on any atom is 0.236 e. The van der Waals surface area contributed by atoms with Crippen LogP contribution in [0.2, 0.25) is 0 Å². The summed E-state index contributed by atoms with van der Waals surface area (Å²) in [6, 6.07) is -0.349. The molecule has 0 radical (unpaired) electrons. The molecule has 4 nitrogen and oxygen atoms in total. The van der Waals surface area contributed by atoms with Crippen LogP contribution in [-0.2, 0) is 4.79 Å². The Bertz CT molecular complexity index is 212. The molecule has 1 atom stereocenters. The summed E-state index contributed by atoms with van der Waals surface area (Å²) in [6.07, 6.45) is 3.34. The molecule has 1 heterocycles. The van der Waals surface area contributed by atoms with Crippen LogP contribution in [0.1, 0.15) is 33.1 Å². The molecule has 0 aromatic rings. The van der Waals surface area contributed by atoms with Gasteiger partial charge in [0.25, 0.3) is 0 Å². The van der Waals surface area contributed by atoms with E-state index in [1.54, 1.807) is 0 Å². The molecule has 1 fully saturated rings. The van der Waals surface area contributed by atoms with Crippen molar-refractivity contribution in [2.75, 3.05) is 26.2 Å². The third-order valence-electron chi connectivity index (χ3n) is 2.99. The number of nitrogens with zero attached hydrogens (tertiary/aromatic N) is 1. The van der Waals surface area contributed by atoms with Crippen LogP contribution in [0.15, 0.2) is 0 Å². The zero-order valence-electron chi connectivity index (χ0n) is 10.5. The Balaban J connectivity index is 2.09. The van der Waals surface area contributed by atoms with Crippen molar-refractivity contribution in [3.8, 4) is 0 Å². The Hall–Kier alpha value is -0.610. The molecule has 1 amide bonds. The Kier molecular flexibility index (Phi) is 5.77. The van der Waals surface area contributed by atoms with Crippen LogP contribution in [0.3, 0.4) is 0 Å². The smallest absolute Gasteiger partial charge is 0.236 e. The molecule has 0 saturated carbocycles. The van der Waals surface area contributed by atoms with Crippen LogP contribution in [0.4, 0.5) is 0 Å². The monoisotopic (exact) mass is 227 g/mol. The van der Waals surface area contributed by atoms with Crippen molar-refractivity contribution in [1.29, 1.82) is 0 Å². The second-order valence-corrected chi connectivity index (χ2v) is 5.08. The normalized spacial score (nSPS) is 19.0. The Morgan fingerprint density at radius 3 is 2.56 bits per heavy atom. The highest BCUT2D eigenvalue weighted by molar-refractivity contribution is 5.81. The molecule has 0 aromatic carbocycles. The van der Waals surface area contributed by atoms with Gasteiger partial charge in [-0.3, -0.25) is 4.79 Å². The number of likely N-dealkylation sites (tertiary alicyclic amines) is 1. The Labute approximate surface area is 98.6 Å². The summed E-state index contributed by atoms with van der Waals surface area (Å²) in [5.41, 5.74) is 5.79. The standard InChI is InChI=1S/C12H25N3O/c1-10(2)9-11(13)12(16)14-5-8-15-6-3-4-7-15/h10-11H,3-9,13H2,1-2H3,(H,14,16)/t11-/m1/s1. The molecule has 0 aliphatic carbocycles. The van der Waals surface area contributed by atoms with E-state index >= 15 is 0 Å². The summed E-state index contributed by atoms with van der Waals surface area (Å²) >= 11 is 0. The lowest BCUT2D eigenvalue weighted by molar-refractivity contribution is -0.122. The third-order valence-corrected chi connectivity index (χ3v) is 2.99. The molecule has 0 spiro atoms. The van der Waals surface area contributed by atoms with Gasteiger partial charge in [-0.2, -0.15) is 0 Å². The highest BCUT2D eigenvalue weighted by atomic mass is 16.2. The average Bonchev–Trinajstić information content (AvgIpc) is 2.69. The first kappa shape index (κ1) is 13.5. The van der Waals surface area contributed by atoms with Gasteiger partial charge in [0.2, 0.25) is 5.91 Å². The summed E-state index contributed by atoms with van der Waals surface area (Å²) in [7, 11) is 0. The van der Waals surface area contributed by atoms with Gasteiger partial charge in [-0.1, -0.05) is 13.8 Å². The molecule has 1 saturated heterocycles. The first-order chi connectivity index (χ1) is 7.59. The fraction of sp³-hybridized carbons (Fsp3) is 0.917. The van der Waals surface area contributed by atoms with Crippen LogP contribution in [0.5, 0.6) is 0 Å². The SMILES string of the molecule is CC(C)C[C@@H](N)C(=O)NCCN1CCCC1. The van der Waals surface area contributed by atoms with Crippen LogP contribution >= 0.6 is 0 Å². The highest BCUT2D eigenvalue weighted by Crippen LogP contribution is 2.05. The van der Waals surface area contributed by atoms with Gasteiger partial charge in [0.1, 0.15) is 0 Å². The highest BCUT2D eigenvalue weighted by Gasteiger charge is 2.15. The lowest BCUT2D eigenvalue weighted by Gasteiger charge is -2.17. The van der Waals surface area contributed by atoms with Crippen LogP contribution in [-0.4, -0.2) is 43.0 Å². The maximum absolute atomic E-state index is 11.6. The summed E-state index contributed by atoms with van der Waals surface area (Å²) in [5.74, 6) is 0.465. The minimum Gasteiger partial charge on any atom is -0.353 e. The minimum atomic E-state index is -0.349. The van der Waals surface area contributed by atoms with Gasteiger partial charge in [0.05, 0.1) is 6.04 Å². The first-order valence-electron chi connectivity index (χ1n) is 6.35. The van der Waals surface area contributed by atoms with Crippen LogP contribution < -0.4 is 11.1 Å². The van der Waals surface area contributed by atoms with Gasteiger partial charge in [0.15, 0.2) is 0 Å². The van der Waals surface area contributed by atoms with E-state index in [0.29, 0.717) is 5.92 Å². The number of nitrogens with one attached hydrogen (secondary N) is 1. The van der Waals surface area contributed by atoms with Crippen molar-refractivity contribution in [3.63, 3.8) is 0 Å². The lowest BCUT2D eigenvalue weighted by atomic mass is 10.0. The van der Waals surface area contributed by atoms with Gasteiger partial charge in [0, 0.05) is 13.1 Å². The van der Waals surface area contributed by atoms with Crippen molar-refractivity contribution >= 4 is 5.91 Å². The third kappa shape index (κ3) is 4.94. The molecule has 0 aromatic heterocycles. The Morgan fingerprint density at radius 2 is 2.00 bits per heavy atom. The van der Waals surface area contributed by atoms with Crippen LogP contribution in [0.25, 0.3) is 0 Å². The number of carbonyl (C=O) groups is 1. The maximum atomic E-state index is 11.6. The summed E-state index contributed by atoms with van der Waals surface area (Å²) in [5, 5.41) is 2.91. The van der Waals surface area contributed by atoms with E-state index in [9.17, 15) is 4.79 Å². The molecular weight excluding hydrogens is 202 g/mol. The molecule has 0 unspecified atom stereocenters. The van der Waals surface area contributed by atoms with E-state index in [0.717, 1.165) is 19.5 Å². The van der Waals surface area contributed by atoms with Gasteiger partial charge in [-0.05, 0) is 38.3 Å². The predicted octanol–water partition coefficient (Wildman–Crippen LogP) is 0.572. The molecule has 1 aliphatic heterocycles. The quantitative estimate of drug-likeness (QED) is 0.697. The summed E-state index contributed by atoms with van der Waals surface area (Å²) < 4.78 is 0. The second kappa shape index (κ2) is 6.86. The van der Waals surface area contributed by atoms with E-state index in [-0.39, 0.29) is 11.9 Å². The molecule has 0 bridgehead atoms. The number of amides is 1. The first-order valence-corrected chi connectivity index (χ1v) is 6.35. The summed E-state index contributed by atoms with van der Waals surface area (Å²) in [4.78, 5) is 14.0. The van der Waals surface area contributed by atoms with Crippen molar-refractivity contribution in [1.82, 2.24) is 10.2 Å². The minimum absolute atomic E-state index is 0.00658. The fourth-order valence-corrected chi connectivity index (χ4v) is 2.09. The van der Waals surface area contributed by atoms with E-state index in [1.165, 1.54) is 25.9 Å². The number of rotatable bonds is 6. The van der Waals surface area contributed by atoms with Crippen molar-refractivity contribution < 1.29 is 4.79 Å². The van der Waals surface area contributed by atoms with E-state index in [2.05, 4.69) is 24.1 Å². The van der Waals surface area contributed by atoms with Crippen molar-refractivity contribution in [2.24, 2.45) is 11.7 Å². The number of nitrogens with two attached hydrogens (primary N) is 1. The molecule has 1 aliphatic rings. The lowest BCUT2D eigenvalue weighted by Crippen LogP contribution is -2.43. The van der Waals surface area contributed by atoms with E-state index in [4.69, 9.17) is 5.73 Å². The molecule has 16 heavy (non-hydrogen) atoms. The Morgan fingerprint density at radius 1 is 1.38 bits per heavy atom. The zero-order chi connectivity index (χ0) is 12.0. The van der Waals surface area contributed by atoms with Crippen molar-refractivity contribution in [2.45, 2.75) is 39.2 Å². The van der Waals surface area contributed by atoms with E-state index < -0.39 is 0 Å². The molecule has 4 heteroatoms. The van der Waals surface area contributed by atoms with Gasteiger partial charge in [-0.15, -0.1) is 0 Å². The number of carbonyl (C=O) groups excluding carboxylic acids is 1. The predicted molar refractivity (Wildman–Crippen MR) is 66.1 cm³/mol. The topological polar surface area (TPSA) is 58.4 Å². The van der Waals surface area contributed by atoms with Gasteiger partial charge < -0.3 is 16.0 Å².